The fourth-order valence-corrected chi connectivity index (χ4v) is 2.51. The normalized spacial score (nSPS) is 18.7. The highest BCUT2D eigenvalue weighted by atomic mass is 35.5. The number of nitrogens with zero attached hydrogens (tertiary/aromatic N) is 2. The summed E-state index contributed by atoms with van der Waals surface area (Å²) in [6.07, 6.45) is 7.64. The third-order valence-corrected chi connectivity index (χ3v) is 3.23. The molecule has 0 aliphatic heterocycles. The molecule has 3 nitrogen and oxygen atoms in total. The van der Waals surface area contributed by atoms with E-state index in [9.17, 15) is 4.79 Å². The standard InChI is InChI=1S/C10H15ClN2O/c1-12-7-9(11)10(14)13(12)8-5-3-2-4-6-8/h7-8H,2-6H2,1H3. The summed E-state index contributed by atoms with van der Waals surface area (Å²) in [5, 5.41) is 0.332. The van der Waals surface area contributed by atoms with Gasteiger partial charge in [-0.1, -0.05) is 30.9 Å². The predicted molar refractivity (Wildman–Crippen MR) is 56.8 cm³/mol. The van der Waals surface area contributed by atoms with Gasteiger partial charge < -0.3 is 0 Å². The molecule has 0 spiro atoms. The number of hydrogen-bond donors (Lipinski definition) is 0. The van der Waals surface area contributed by atoms with Gasteiger partial charge in [0.25, 0.3) is 5.56 Å². The minimum atomic E-state index is -0.0407. The molecule has 0 bridgehead atoms. The summed E-state index contributed by atoms with van der Waals surface area (Å²) in [7, 11) is 1.88. The third kappa shape index (κ3) is 1.61. The molecule has 0 aromatic carbocycles. The number of hydrogen-bond acceptors (Lipinski definition) is 1. The number of aryl methyl sites for hydroxylation is 1. The lowest BCUT2D eigenvalue weighted by atomic mass is 9.96. The van der Waals surface area contributed by atoms with E-state index in [0.717, 1.165) is 12.8 Å². The maximum atomic E-state index is 11.7. The first-order valence-corrected chi connectivity index (χ1v) is 5.51. The van der Waals surface area contributed by atoms with Crippen LogP contribution in [0.25, 0.3) is 0 Å². The Hall–Kier alpha value is -0.700. The van der Waals surface area contributed by atoms with Crippen molar-refractivity contribution in [1.29, 1.82) is 0 Å². The lowest BCUT2D eigenvalue weighted by molar-refractivity contribution is 0.295. The van der Waals surface area contributed by atoms with Crippen molar-refractivity contribution in [3.05, 3.63) is 21.6 Å². The molecule has 2 rings (SSSR count). The first-order valence-electron chi connectivity index (χ1n) is 5.14. The van der Waals surface area contributed by atoms with Crippen LogP contribution in [-0.2, 0) is 7.05 Å². The Balaban J connectivity index is 2.34. The second kappa shape index (κ2) is 3.81. The number of rotatable bonds is 1. The van der Waals surface area contributed by atoms with Crippen LogP contribution in [0.3, 0.4) is 0 Å². The minimum absolute atomic E-state index is 0.0407. The van der Waals surface area contributed by atoms with Crippen LogP contribution < -0.4 is 5.56 Å². The fraction of sp³-hybridized carbons (Fsp3) is 0.700. The predicted octanol–water partition coefficient (Wildman–Crippen LogP) is 2.35. The lowest BCUT2D eigenvalue weighted by Crippen LogP contribution is -2.28. The van der Waals surface area contributed by atoms with Gasteiger partial charge in [-0.2, -0.15) is 0 Å². The van der Waals surface area contributed by atoms with Crippen molar-refractivity contribution in [2.24, 2.45) is 7.05 Å². The molecule has 14 heavy (non-hydrogen) atoms. The van der Waals surface area contributed by atoms with Crippen molar-refractivity contribution in [2.45, 2.75) is 38.1 Å². The van der Waals surface area contributed by atoms with E-state index in [1.807, 2.05) is 11.7 Å². The highest BCUT2D eigenvalue weighted by Gasteiger charge is 2.19. The monoisotopic (exact) mass is 214 g/mol. The summed E-state index contributed by atoms with van der Waals surface area (Å²) in [6, 6.07) is 0.355. The van der Waals surface area contributed by atoms with E-state index in [1.54, 1.807) is 10.9 Å². The summed E-state index contributed by atoms with van der Waals surface area (Å²) in [6.45, 7) is 0. The molecule has 0 radical (unpaired) electrons. The maximum Gasteiger partial charge on any atom is 0.285 e. The van der Waals surface area contributed by atoms with Gasteiger partial charge in [0.1, 0.15) is 5.02 Å². The molecule has 0 unspecified atom stereocenters. The van der Waals surface area contributed by atoms with E-state index < -0.39 is 0 Å². The van der Waals surface area contributed by atoms with Crippen LogP contribution in [0.4, 0.5) is 0 Å². The van der Waals surface area contributed by atoms with E-state index in [0.29, 0.717) is 11.1 Å². The zero-order valence-electron chi connectivity index (χ0n) is 8.37. The molecule has 1 saturated carbocycles. The molecule has 0 saturated heterocycles. The molecule has 1 aliphatic carbocycles. The highest BCUT2D eigenvalue weighted by Crippen LogP contribution is 2.27. The Morgan fingerprint density at radius 3 is 2.50 bits per heavy atom. The molecule has 0 amide bonds. The molecule has 1 heterocycles. The molecule has 1 aliphatic rings. The Kier molecular flexibility index (Phi) is 2.68. The summed E-state index contributed by atoms with van der Waals surface area (Å²) < 4.78 is 3.61. The van der Waals surface area contributed by atoms with E-state index in [2.05, 4.69) is 0 Å². The van der Waals surface area contributed by atoms with Crippen LogP contribution in [-0.4, -0.2) is 9.36 Å². The van der Waals surface area contributed by atoms with Crippen molar-refractivity contribution < 1.29 is 0 Å². The number of halogens is 1. The van der Waals surface area contributed by atoms with Crippen LogP contribution in [0.5, 0.6) is 0 Å². The van der Waals surface area contributed by atoms with E-state index in [1.165, 1.54) is 19.3 Å². The van der Waals surface area contributed by atoms with Gasteiger partial charge in [0.05, 0.1) is 6.04 Å². The second-order valence-electron chi connectivity index (χ2n) is 3.99. The van der Waals surface area contributed by atoms with Crippen LogP contribution in [0.2, 0.25) is 5.02 Å². The molecular formula is C10H15ClN2O. The van der Waals surface area contributed by atoms with E-state index >= 15 is 0 Å². The lowest BCUT2D eigenvalue weighted by Gasteiger charge is -2.23. The average molecular weight is 215 g/mol. The van der Waals surface area contributed by atoms with Gasteiger partial charge in [-0.3, -0.25) is 9.48 Å². The van der Waals surface area contributed by atoms with Crippen molar-refractivity contribution in [1.82, 2.24) is 9.36 Å². The quantitative estimate of drug-likeness (QED) is 0.705. The Morgan fingerprint density at radius 2 is 2.00 bits per heavy atom. The Bertz CT molecular complexity index is 374. The first kappa shape index (κ1) is 9.84. The molecule has 78 valence electrons. The molecule has 1 aromatic heterocycles. The molecule has 1 aromatic rings. The van der Waals surface area contributed by atoms with Gasteiger partial charge in [0.15, 0.2) is 0 Å². The maximum absolute atomic E-state index is 11.7. The summed E-state index contributed by atoms with van der Waals surface area (Å²) in [5.41, 5.74) is -0.0407. The Morgan fingerprint density at radius 1 is 1.36 bits per heavy atom. The minimum Gasteiger partial charge on any atom is -0.291 e. The summed E-state index contributed by atoms with van der Waals surface area (Å²) in [4.78, 5) is 11.7. The zero-order chi connectivity index (χ0) is 10.1. The molecule has 0 N–H and O–H groups in total. The fourth-order valence-electron chi connectivity index (χ4n) is 2.28. The topological polar surface area (TPSA) is 26.9 Å². The van der Waals surface area contributed by atoms with Crippen molar-refractivity contribution in [3.63, 3.8) is 0 Å². The molecular weight excluding hydrogens is 200 g/mol. The van der Waals surface area contributed by atoms with Crippen LogP contribution in [0, 0.1) is 0 Å². The summed E-state index contributed by atoms with van der Waals surface area (Å²) >= 11 is 5.80. The van der Waals surface area contributed by atoms with Crippen molar-refractivity contribution >= 4 is 11.6 Å². The van der Waals surface area contributed by atoms with Gasteiger partial charge in [-0.15, -0.1) is 0 Å². The van der Waals surface area contributed by atoms with Gasteiger partial charge >= 0.3 is 0 Å². The van der Waals surface area contributed by atoms with Crippen molar-refractivity contribution in [2.75, 3.05) is 0 Å². The van der Waals surface area contributed by atoms with Gasteiger partial charge in [-0.05, 0) is 12.8 Å². The largest absolute Gasteiger partial charge is 0.291 e. The third-order valence-electron chi connectivity index (χ3n) is 2.97. The van der Waals surface area contributed by atoms with Gasteiger partial charge in [0.2, 0.25) is 0 Å². The number of aromatic nitrogens is 2. The zero-order valence-corrected chi connectivity index (χ0v) is 9.13. The Labute approximate surface area is 88.3 Å². The first-order chi connectivity index (χ1) is 6.70. The highest BCUT2D eigenvalue weighted by molar-refractivity contribution is 6.30. The summed E-state index contributed by atoms with van der Waals surface area (Å²) in [5.74, 6) is 0. The van der Waals surface area contributed by atoms with Crippen LogP contribution >= 0.6 is 11.6 Å². The van der Waals surface area contributed by atoms with Crippen LogP contribution in [0.1, 0.15) is 38.1 Å². The van der Waals surface area contributed by atoms with Gasteiger partial charge in [0, 0.05) is 13.2 Å². The SMILES string of the molecule is Cn1cc(Cl)c(=O)n1C1CCCCC1. The van der Waals surface area contributed by atoms with Crippen molar-refractivity contribution in [3.8, 4) is 0 Å². The second-order valence-corrected chi connectivity index (χ2v) is 4.40. The molecule has 0 atom stereocenters. The average Bonchev–Trinajstić information content (AvgIpc) is 2.43. The van der Waals surface area contributed by atoms with Gasteiger partial charge in [-0.25, -0.2) is 4.68 Å². The molecule has 1 fully saturated rings. The van der Waals surface area contributed by atoms with Crippen LogP contribution in [0.15, 0.2) is 11.0 Å². The van der Waals surface area contributed by atoms with E-state index in [-0.39, 0.29) is 5.56 Å². The smallest absolute Gasteiger partial charge is 0.285 e. The molecule has 4 heteroatoms. The van der Waals surface area contributed by atoms with E-state index in [4.69, 9.17) is 11.6 Å².